The Hall–Kier alpha value is -1.36. The van der Waals surface area contributed by atoms with E-state index in [1.165, 1.54) is 0 Å². The molecule has 1 heterocycles. The average molecular weight is 264 g/mol. The van der Waals surface area contributed by atoms with Gasteiger partial charge in [0, 0.05) is 24.6 Å². The summed E-state index contributed by atoms with van der Waals surface area (Å²) >= 11 is 0. The molecular formula is C14H24N4O. The van der Waals surface area contributed by atoms with E-state index in [2.05, 4.69) is 20.2 Å². The molecular weight excluding hydrogens is 240 g/mol. The van der Waals surface area contributed by atoms with Crippen LogP contribution in [-0.4, -0.2) is 48.0 Å². The molecule has 1 unspecified atom stereocenters. The van der Waals surface area contributed by atoms with Crippen LogP contribution in [-0.2, 0) is 17.6 Å². The minimum absolute atomic E-state index is 0.103. The molecule has 1 aromatic heterocycles. The van der Waals surface area contributed by atoms with Crippen LogP contribution in [0.4, 0.5) is 0 Å². The van der Waals surface area contributed by atoms with Gasteiger partial charge in [0.15, 0.2) is 0 Å². The number of imidazole rings is 1. The van der Waals surface area contributed by atoms with Gasteiger partial charge in [-0.25, -0.2) is 4.98 Å². The standard InChI is InChI=1S/C14H24N4O/c1-10-16-12-6-5-11(9-13(12)17-10)14(19)15-7-4-8-18(2)3/h11H,4-9H2,1-3H3,(H,15,19)(H,16,17). The van der Waals surface area contributed by atoms with Crippen molar-refractivity contribution in [1.82, 2.24) is 20.2 Å². The Kier molecular flexibility index (Phi) is 4.58. The lowest BCUT2D eigenvalue weighted by Crippen LogP contribution is -2.35. The van der Waals surface area contributed by atoms with Crippen LogP contribution in [0.15, 0.2) is 0 Å². The SMILES string of the molecule is Cc1nc2c([nH]1)CC(C(=O)NCCCN(C)C)CC2. The van der Waals surface area contributed by atoms with Gasteiger partial charge in [-0.1, -0.05) is 0 Å². The number of rotatable bonds is 5. The van der Waals surface area contributed by atoms with Crippen molar-refractivity contribution in [2.24, 2.45) is 5.92 Å². The first-order valence-electron chi connectivity index (χ1n) is 7.03. The molecule has 5 nitrogen and oxygen atoms in total. The summed E-state index contributed by atoms with van der Waals surface area (Å²) in [5, 5.41) is 3.05. The van der Waals surface area contributed by atoms with Gasteiger partial charge < -0.3 is 15.2 Å². The van der Waals surface area contributed by atoms with Crippen LogP contribution in [0, 0.1) is 12.8 Å². The Morgan fingerprint density at radius 2 is 2.32 bits per heavy atom. The largest absolute Gasteiger partial charge is 0.356 e. The molecule has 2 rings (SSSR count). The molecule has 5 heteroatoms. The summed E-state index contributed by atoms with van der Waals surface area (Å²) in [6.07, 6.45) is 3.63. The number of carbonyl (C=O) groups is 1. The lowest BCUT2D eigenvalue weighted by molar-refractivity contribution is -0.125. The van der Waals surface area contributed by atoms with Crippen molar-refractivity contribution < 1.29 is 4.79 Å². The Bertz CT molecular complexity index is 439. The molecule has 0 fully saturated rings. The van der Waals surface area contributed by atoms with Gasteiger partial charge >= 0.3 is 0 Å². The number of carbonyl (C=O) groups excluding carboxylic acids is 1. The second-order valence-electron chi connectivity index (χ2n) is 5.64. The summed E-state index contributed by atoms with van der Waals surface area (Å²) in [4.78, 5) is 21.9. The highest BCUT2D eigenvalue weighted by molar-refractivity contribution is 5.79. The van der Waals surface area contributed by atoms with Gasteiger partial charge in [-0.05, 0) is 46.8 Å². The van der Waals surface area contributed by atoms with Gasteiger partial charge in [0.2, 0.25) is 5.91 Å². The van der Waals surface area contributed by atoms with Gasteiger partial charge in [0.25, 0.3) is 0 Å². The molecule has 2 N–H and O–H groups in total. The first kappa shape index (κ1) is 14.1. The molecule has 0 radical (unpaired) electrons. The Morgan fingerprint density at radius 3 is 3.05 bits per heavy atom. The zero-order valence-electron chi connectivity index (χ0n) is 12.1. The van der Waals surface area contributed by atoms with Gasteiger partial charge in [0.05, 0.1) is 5.69 Å². The van der Waals surface area contributed by atoms with Crippen molar-refractivity contribution in [3.8, 4) is 0 Å². The van der Waals surface area contributed by atoms with Crippen LogP contribution < -0.4 is 5.32 Å². The first-order valence-corrected chi connectivity index (χ1v) is 7.03. The Morgan fingerprint density at radius 1 is 1.53 bits per heavy atom. The fourth-order valence-corrected chi connectivity index (χ4v) is 2.60. The van der Waals surface area contributed by atoms with Crippen LogP contribution in [0.2, 0.25) is 0 Å². The lowest BCUT2D eigenvalue weighted by atomic mass is 9.89. The van der Waals surface area contributed by atoms with E-state index in [4.69, 9.17) is 0 Å². The smallest absolute Gasteiger partial charge is 0.223 e. The maximum atomic E-state index is 12.1. The summed E-state index contributed by atoms with van der Waals surface area (Å²) in [7, 11) is 4.09. The molecule has 0 aliphatic heterocycles. The third-order valence-electron chi connectivity index (χ3n) is 3.62. The molecule has 106 valence electrons. The fourth-order valence-electron chi connectivity index (χ4n) is 2.60. The number of nitrogens with one attached hydrogen (secondary N) is 2. The summed E-state index contributed by atoms with van der Waals surface area (Å²) in [6.45, 7) is 3.74. The second kappa shape index (κ2) is 6.19. The predicted molar refractivity (Wildman–Crippen MR) is 75.0 cm³/mol. The molecule has 1 amide bonds. The highest BCUT2D eigenvalue weighted by atomic mass is 16.1. The van der Waals surface area contributed by atoms with Gasteiger partial charge in [-0.2, -0.15) is 0 Å². The molecule has 0 aromatic carbocycles. The van der Waals surface area contributed by atoms with E-state index in [1.807, 2.05) is 21.0 Å². The predicted octanol–water partition coefficient (Wildman–Crippen LogP) is 0.891. The fraction of sp³-hybridized carbons (Fsp3) is 0.714. The highest BCUT2D eigenvalue weighted by Gasteiger charge is 2.26. The van der Waals surface area contributed by atoms with Crippen LogP contribution in [0.5, 0.6) is 0 Å². The number of aryl methyl sites for hydroxylation is 2. The monoisotopic (exact) mass is 264 g/mol. The summed E-state index contributed by atoms with van der Waals surface area (Å²) in [5.41, 5.74) is 2.30. The average Bonchev–Trinajstić information content (AvgIpc) is 2.73. The Balaban J connectivity index is 1.78. The van der Waals surface area contributed by atoms with Gasteiger partial charge in [-0.3, -0.25) is 4.79 Å². The minimum Gasteiger partial charge on any atom is -0.356 e. The summed E-state index contributed by atoms with van der Waals surface area (Å²) < 4.78 is 0. The van der Waals surface area contributed by atoms with Crippen molar-refractivity contribution in [2.75, 3.05) is 27.2 Å². The molecule has 0 saturated carbocycles. The minimum atomic E-state index is 0.103. The van der Waals surface area contributed by atoms with Crippen molar-refractivity contribution in [2.45, 2.75) is 32.6 Å². The highest BCUT2D eigenvalue weighted by Crippen LogP contribution is 2.23. The third-order valence-corrected chi connectivity index (χ3v) is 3.62. The quantitative estimate of drug-likeness (QED) is 0.777. The van der Waals surface area contributed by atoms with Gasteiger partial charge in [-0.15, -0.1) is 0 Å². The topological polar surface area (TPSA) is 61.0 Å². The lowest BCUT2D eigenvalue weighted by Gasteiger charge is -2.20. The molecule has 1 aliphatic rings. The van der Waals surface area contributed by atoms with E-state index in [0.29, 0.717) is 0 Å². The summed E-state index contributed by atoms with van der Waals surface area (Å²) in [5.74, 6) is 1.25. The van der Waals surface area contributed by atoms with Crippen molar-refractivity contribution in [3.05, 3.63) is 17.2 Å². The number of aromatic nitrogens is 2. The molecule has 1 atom stereocenters. The number of fused-ring (bicyclic) bond motifs is 1. The van der Waals surface area contributed by atoms with Crippen molar-refractivity contribution in [1.29, 1.82) is 0 Å². The maximum absolute atomic E-state index is 12.1. The number of H-pyrrole nitrogens is 1. The number of aromatic amines is 1. The first-order chi connectivity index (χ1) is 9.06. The number of hydrogen-bond donors (Lipinski definition) is 2. The normalized spacial score (nSPS) is 18.4. The molecule has 0 spiro atoms. The number of nitrogens with zero attached hydrogens (tertiary/aromatic N) is 2. The van der Waals surface area contributed by atoms with Crippen LogP contribution in [0.3, 0.4) is 0 Å². The van der Waals surface area contributed by atoms with E-state index >= 15 is 0 Å². The van der Waals surface area contributed by atoms with Crippen molar-refractivity contribution in [3.63, 3.8) is 0 Å². The van der Waals surface area contributed by atoms with Crippen LogP contribution in [0.1, 0.15) is 30.1 Å². The third kappa shape index (κ3) is 3.80. The maximum Gasteiger partial charge on any atom is 0.223 e. The van der Waals surface area contributed by atoms with Crippen LogP contribution in [0.25, 0.3) is 0 Å². The molecule has 0 saturated heterocycles. The van der Waals surface area contributed by atoms with E-state index in [9.17, 15) is 4.79 Å². The van der Waals surface area contributed by atoms with Crippen LogP contribution >= 0.6 is 0 Å². The van der Waals surface area contributed by atoms with Crippen molar-refractivity contribution >= 4 is 5.91 Å². The van der Waals surface area contributed by atoms with Gasteiger partial charge in [0.1, 0.15) is 5.82 Å². The second-order valence-corrected chi connectivity index (χ2v) is 5.64. The van der Waals surface area contributed by atoms with E-state index < -0.39 is 0 Å². The molecule has 1 aromatic rings. The molecule has 0 bridgehead atoms. The molecule has 1 aliphatic carbocycles. The van der Waals surface area contributed by atoms with E-state index in [0.717, 1.165) is 56.0 Å². The van der Waals surface area contributed by atoms with E-state index in [-0.39, 0.29) is 11.8 Å². The molecule has 19 heavy (non-hydrogen) atoms. The zero-order valence-corrected chi connectivity index (χ0v) is 12.1. The van der Waals surface area contributed by atoms with E-state index in [1.54, 1.807) is 0 Å². The number of amides is 1. The Labute approximate surface area is 114 Å². The number of hydrogen-bond acceptors (Lipinski definition) is 3. The summed E-state index contributed by atoms with van der Waals surface area (Å²) in [6, 6.07) is 0. The zero-order chi connectivity index (χ0) is 13.8.